The summed E-state index contributed by atoms with van der Waals surface area (Å²) in [6.45, 7) is 0.640. The minimum atomic E-state index is -0.453. The van der Waals surface area contributed by atoms with E-state index in [1.807, 2.05) is 0 Å². The first kappa shape index (κ1) is 12.3. The fraction of sp³-hybridized carbons (Fsp3) is 0.357. The number of rotatable bonds is 3. The number of carbonyl (C=O) groups is 1. The van der Waals surface area contributed by atoms with E-state index < -0.39 is 5.82 Å². The van der Waals surface area contributed by atoms with Crippen molar-refractivity contribution in [3.8, 4) is 0 Å². The molecule has 0 radical (unpaired) electrons. The van der Waals surface area contributed by atoms with Crippen molar-refractivity contribution in [3.63, 3.8) is 0 Å². The van der Waals surface area contributed by atoms with Crippen molar-refractivity contribution in [2.24, 2.45) is 0 Å². The molecule has 100 valence electrons. The Morgan fingerprint density at radius 3 is 3.05 bits per heavy atom. The van der Waals surface area contributed by atoms with E-state index in [0.717, 1.165) is 0 Å². The number of carbonyl (C=O) groups excluding carboxylic acids is 1. The number of methoxy groups -OCH3 is 1. The zero-order valence-electron chi connectivity index (χ0n) is 10.5. The van der Waals surface area contributed by atoms with Crippen LogP contribution in [0.25, 0.3) is 11.0 Å². The number of para-hydroxylation sites is 1. The third-order valence-corrected chi connectivity index (χ3v) is 3.48. The molecular formula is C14H14FNO3. The van der Waals surface area contributed by atoms with Crippen molar-refractivity contribution in [3.05, 3.63) is 35.8 Å². The number of fused-ring (bicyclic) bond motifs is 1. The number of nitrogens with one attached hydrogen (secondary N) is 1. The Morgan fingerprint density at radius 1 is 1.53 bits per heavy atom. The molecule has 4 nitrogen and oxygen atoms in total. The topological polar surface area (TPSA) is 51.5 Å². The zero-order valence-corrected chi connectivity index (χ0v) is 10.5. The van der Waals surface area contributed by atoms with Gasteiger partial charge in [-0.1, -0.05) is 12.1 Å². The molecule has 1 fully saturated rings. The second-order valence-electron chi connectivity index (χ2n) is 4.69. The van der Waals surface area contributed by atoms with Crippen LogP contribution in [-0.4, -0.2) is 31.6 Å². The van der Waals surface area contributed by atoms with Gasteiger partial charge in [0, 0.05) is 19.0 Å². The lowest BCUT2D eigenvalue weighted by atomic mass is 10.1. The molecule has 0 aliphatic carbocycles. The standard InChI is InChI=1S/C14H14FNO3/c1-18-9-6-11(16-7-9)13(17)12-5-8-3-2-4-10(15)14(8)19-12/h2-5,9,11,16H,6-7H2,1H3. The Kier molecular flexibility index (Phi) is 3.08. The summed E-state index contributed by atoms with van der Waals surface area (Å²) in [6, 6.07) is 5.89. The molecule has 1 saturated heterocycles. The Morgan fingerprint density at radius 2 is 2.37 bits per heavy atom. The van der Waals surface area contributed by atoms with E-state index in [2.05, 4.69) is 5.32 Å². The third-order valence-electron chi connectivity index (χ3n) is 3.48. The molecule has 0 saturated carbocycles. The molecule has 1 aliphatic heterocycles. The Balaban J connectivity index is 1.88. The van der Waals surface area contributed by atoms with Crippen LogP contribution >= 0.6 is 0 Å². The summed E-state index contributed by atoms with van der Waals surface area (Å²) < 4.78 is 24.1. The quantitative estimate of drug-likeness (QED) is 0.862. The van der Waals surface area contributed by atoms with Crippen molar-refractivity contribution >= 4 is 16.8 Å². The maximum absolute atomic E-state index is 13.5. The van der Waals surface area contributed by atoms with Gasteiger partial charge in [-0.2, -0.15) is 0 Å². The van der Waals surface area contributed by atoms with Crippen LogP contribution in [0, 0.1) is 5.82 Å². The molecule has 2 atom stereocenters. The molecule has 19 heavy (non-hydrogen) atoms. The molecule has 2 unspecified atom stereocenters. The first-order chi connectivity index (χ1) is 9.19. The van der Waals surface area contributed by atoms with Crippen LogP contribution in [0.1, 0.15) is 17.0 Å². The minimum absolute atomic E-state index is 0.0371. The number of benzene rings is 1. The van der Waals surface area contributed by atoms with Gasteiger partial charge < -0.3 is 14.5 Å². The monoisotopic (exact) mass is 263 g/mol. The summed E-state index contributed by atoms with van der Waals surface area (Å²) in [4.78, 5) is 12.3. The van der Waals surface area contributed by atoms with Crippen molar-refractivity contribution in [2.75, 3.05) is 13.7 Å². The van der Waals surface area contributed by atoms with Gasteiger partial charge in [0.05, 0.1) is 12.1 Å². The number of halogens is 1. The van der Waals surface area contributed by atoms with Gasteiger partial charge in [0.25, 0.3) is 0 Å². The molecule has 1 N–H and O–H groups in total. The summed E-state index contributed by atoms with van der Waals surface area (Å²) in [5.41, 5.74) is 0.132. The van der Waals surface area contributed by atoms with Crippen LogP contribution in [0.4, 0.5) is 4.39 Å². The summed E-state index contributed by atoms with van der Waals surface area (Å²) in [5, 5.41) is 3.69. The van der Waals surface area contributed by atoms with E-state index in [0.29, 0.717) is 18.4 Å². The second-order valence-corrected chi connectivity index (χ2v) is 4.69. The lowest BCUT2D eigenvalue weighted by Gasteiger charge is -2.06. The van der Waals surface area contributed by atoms with Crippen molar-refractivity contribution in [2.45, 2.75) is 18.6 Å². The molecule has 1 aliphatic rings. The Hall–Kier alpha value is -1.72. The third kappa shape index (κ3) is 2.15. The molecular weight excluding hydrogens is 249 g/mol. The first-order valence-corrected chi connectivity index (χ1v) is 6.17. The van der Waals surface area contributed by atoms with Gasteiger partial charge in [-0.15, -0.1) is 0 Å². The summed E-state index contributed by atoms with van der Waals surface area (Å²) in [5.74, 6) is -0.421. The average molecular weight is 263 g/mol. The number of hydrogen-bond donors (Lipinski definition) is 1. The fourth-order valence-electron chi connectivity index (χ4n) is 2.40. The summed E-state index contributed by atoms with van der Waals surface area (Å²) in [6.07, 6.45) is 0.643. The second kappa shape index (κ2) is 4.75. The van der Waals surface area contributed by atoms with Crippen LogP contribution < -0.4 is 5.32 Å². The highest BCUT2D eigenvalue weighted by atomic mass is 19.1. The molecule has 1 aromatic heterocycles. The molecule has 0 spiro atoms. The average Bonchev–Trinajstić information content (AvgIpc) is 3.05. The highest BCUT2D eigenvalue weighted by molar-refractivity contribution is 6.01. The predicted molar refractivity (Wildman–Crippen MR) is 67.7 cm³/mol. The molecule has 3 rings (SSSR count). The largest absolute Gasteiger partial charge is 0.450 e. The SMILES string of the molecule is COC1CNC(C(=O)c2cc3cccc(F)c3o2)C1. The summed E-state index contributed by atoms with van der Waals surface area (Å²) in [7, 11) is 1.62. The van der Waals surface area contributed by atoms with E-state index in [-0.39, 0.29) is 29.3 Å². The zero-order chi connectivity index (χ0) is 13.4. The minimum Gasteiger partial charge on any atom is -0.450 e. The summed E-state index contributed by atoms with van der Waals surface area (Å²) >= 11 is 0. The molecule has 0 bridgehead atoms. The number of Topliss-reactive ketones (excluding diaryl/α,β-unsaturated/α-hetero) is 1. The molecule has 2 heterocycles. The number of hydrogen-bond acceptors (Lipinski definition) is 4. The number of ketones is 1. The van der Waals surface area contributed by atoms with Gasteiger partial charge in [-0.3, -0.25) is 4.79 Å². The van der Waals surface area contributed by atoms with E-state index in [1.54, 1.807) is 25.3 Å². The van der Waals surface area contributed by atoms with E-state index in [4.69, 9.17) is 9.15 Å². The Labute approximate surface area is 109 Å². The van der Waals surface area contributed by atoms with Crippen LogP contribution in [-0.2, 0) is 4.74 Å². The van der Waals surface area contributed by atoms with E-state index >= 15 is 0 Å². The highest BCUT2D eigenvalue weighted by Gasteiger charge is 2.31. The van der Waals surface area contributed by atoms with Crippen molar-refractivity contribution in [1.82, 2.24) is 5.32 Å². The number of ether oxygens (including phenoxy) is 1. The molecule has 1 aromatic carbocycles. The Bertz CT molecular complexity index is 622. The van der Waals surface area contributed by atoms with Gasteiger partial charge >= 0.3 is 0 Å². The normalized spacial score (nSPS) is 23.1. The van der Waals surface area contributed by atoms with Gasteiger partial charge in [0.1, 0.15) is 0 Å². The molecule has 5 heteroatoms. The fourth-order valence-corrected chi connectivity index (χ4v) is 2.40. The first-order valence-electron chi connectivity index (χ1n) is 6.17. The van der Waals surface area contributed by atoms with Gasteiger partial charge in [-0.05, 0) is 18.6 Å². The molecule has 2 aromatic rings. The van der Waals surface area contributed by atoms with Crippen LogP contribution in [0.15, 0.2) is 28.7 Å². The van der Waals surface area contributed by atoms with E-state index in [9.17, 15) is 9.18 Å². The lowest BCUT2D eigenvalue weighted by molar-refractivity contribution is 0.0895. The van der Waals surface area contributed by atoms with Gasteiger partial charge in [0.2, 0.25) is 5.78 Å². The van der Waals surface area contributed by atoms with Crippen LogP contribution in [0.5, 0.6) is 0 Å². The highest BCUT2D eigenvalue weighted by Crippen LogP contribution is 2.24. The maximum atomic E-state index is 13.5. The molecule has 0 amide bonds. The number of furan rings is 1. The smallest absolute Gasteiger partial charge is 0.214 e. The lowest BCUT2D eigenvalue weighted by Crippen LogP contribution is -2.30. The van der Waals surface area contributed by atoms with Crippen LogP contribution in [0.2, 0.25) is 0 Å². The van der Waals surface area contributed by atoms with Gasteiger partial charge in [-0.25, -0.2) is 4.39 Å². The van der Waals surface area contributed by atoms with E-state index in [1.165, 1.54) is 6.07 Å². The van der Waals surface area contributed by atoms with Crippen molar-refractivity contribution < 1.29 is 18.3 Å². The predicted octanol–water partition coefficient (Wildman–Crippen LogP) is 2.13. The maximum Gasteiger partial charge on any atom is 0.214 e. The van der Waals surface area contributed by atoms with Crippen LogP contribution in [0.3, 0.4) is 0 Å². The van der Waals surface area contributed by atoms with Gasteiger partial charge in [0.15, 0.2) is 17.2 Å². The van der Waals surface area contributed by atoms with Crippen molar-refractivity contribution in [1.29, 1.82) is 0 Å².